The molecule has 0 aliphatic rings. The van der Waals surface area contributed by atoms with Gasteiger partial charge in [-0.1, -0.05) is 25.9 Å². The number of amides is 1. The molecule has 2 aromatic heterocycles. The minimum Gasteiger partial charge on any atom is -0.465 e. The van der Waals surface area contributed by atoms with Gasteiger partial charge < -0.3 is 8.94 Å². The number of aromatic nitrogens is 1. The van der Waals surface area contributed by atoms with Crippen LogP contribution in [0.15, 0.2) is 27.1 Å². The van der Waals surface area contributed by atoms with Gasteiger partial charge in [-0.15, -0.1) is 0 Å². The lowest BCUT2D eigenvalue weighted by Gasteiger charge is -2.14. The monoisotopic (exact) mass is 305 g/mol. The number of nitrogens with one attached hydrogen (secondary N) is 1. The molecule has 6 heteroatoms. The summed E-state index contributed by atoms with van der Waals surface area (Å²) < 4.78 is 10.6. The number of carbonyl (C=O) groups excluding carboxylic acids is 1. The van der Waals surface area contributed by atoms with E-state index in [1.54, 1.807) is 6.07 Å². The number of likely N-dealkylation sites (N-methyl/N-ethyl adjacent to an activating group) is 1. The van der Waals surface area contributed by atoms with Gasteiger partial charge in [0.1, 0.15) is 11.5 Å². The number of anilines is 1. The molecule has 22 heavy (non-hydrogen) atoms. The average molecular weight is 305 g/mol. The lowest BCUT2D eigenvalue weighted by Crippen LogP contribution is -2.29. The fourth-order valence-corrected chi connectivity index (χ4v) is 2.00. The number of rotatable bonds is 5. The highest BCUT2D eigenvalue weighted by Crippen LogP contribution is 2.23. The van der Waals surface area contributed by atoms with Gasteiger partial charge in [0, 0.05) is 11.5 Å². The topological polar surface area (TPSA) is 71.5 Å². The standard InChI is InChI=1S/C16H23N3O3/c1-11-6-7-12(21-11)9-19(5)10-14(20)17-15-8-13(18-22-15)16(2,3)4/h6-8H,9-10H2,1-5H3,(H,17,20). The lowest BCUT2D eigenvalue weighted by atomic mass is 9.92. The molecule has 0 atom stereocenters. The van der Waals surface area contributed by atoms with Crippen molar-refractivity contribution < 1.29 is 13.7 Å². The van der Waals surface area contributed by atoms with Crippen molar-refractivity contribution >= 4 is 11.8 Å². The summed E-state index contributed by atoms with van der Waals surface area (Å²) in [5.74, 6) is 1.92. The van der Waals surface area contributed by atoms with Crippen LogP contribution in [0.3, 0.4) is 0 Å². The fourth-order valence-electron chi connectivity index (χ4n) is 2.00. The van der Waals surface area contributed by atoms with Gasteiger partial charge in [-0.3, -0.25) is 15.0 Å². The number of nitrogens with zero attached hydrogens (tertiary/aromatic N) is 2. The maximum atomic E-state index is 12.0. The van der Waals surface area contributed by atoms with Gasteiger partial charge in [0.05, 0.1) is 18.8 Å². The Hall–Kier alpha value is -2.08. The summed E-state index contributed by atoms with van der Waals surface area (Å²) in [7, 11) is 1.86. The molecular weight excluding hydrogens is 282 g/mol. The first-order valence-electron chi connectivity index (χ1n) is 7.25. The Labute approximate surface area is 130 Å². The van der Waals surface area contributed by atoms with Crippen LogP contribution in [0.4, 0.5) is 5.88 Å². The molecule has 0 saturated heterocycles. The van der Waals surface area contributed by atoms with E-state index in [2.05, 4.69) is 10.5 Å². The summed E-state index contributed by atoms with van der Waals surface area (Å²) >= 11 is 0. The summed E-state index contributed by atoms with van der Waals surface area (Å²) in [5.41, 5.74) is 0.697. The average Bonchev–Trinajstić information content (AvgIpc) is 2.97. The Bertz CT molecular complexity index is 637. The van der Waals surface area contributed by atoms with Crippen molar-refractivity contribution in [1.82, 2.24) is 10.1 Å². The number of carbonyl (C=O) groups is 1. The van der Waals surface area contributed by atoms with Gasteiger partial charge in [0.15, 0.2) is 0 Å². The molecule has 120 valence electrons. The first-order valence-corrected chi connectivity index (χ1v) is 7.25. The Morgan fingerprint density at radius 1 is 1.36 bits per heavy atom. The van der Waals surface area contributed by atoms with E-state index in [1.807, 2.05) is 51.8 Å². The van der Waals surface area contributed by atoms with Gasteiger partial charge in [-0.25, -0.2) is 0 Å². The predicted octanol–water partition coefficient (Wildman–Crippen LogP) is 2.94. The number of furan rings is 1. The van der Waals surface area contributed by atoms with Crippen LogP contribution in [0.5, 0.6) is 0 Å². The largest absolute Gasteiger partial charge is 0.465 e. The zero-order valence-electron chi connectivity index (χ0n) is 13.8. The van der Waals surface area contributed by atoms with Crippen molar-refractivity contribution in [3.8, 4) is 0 Å². The Morgan fingerprint density at radius 2 is 2.09 bits per heavy atom. The van der Waals surface area contributed by atoms with E-state index in [0.717, 1.165) is 17.2 Å². The molecule has 0 aliphatic heterocycles. The molecule has 0 aromatic carbocycles. The van der Waals surface area contributed by atoms with Crippen LogP contribution in [-0.4, -0.2) is 29.6 Å². The van der Waals surface area contributed by atoms with E-state index in [-0.39, 0.29) is 17.9 Å². The predicted molar refractivity (Wildman–Crippen MR) is 83.6 cm³/mol. The molecule has 0 aliphatic carbocycles. The molecule has 2 heterocycles. The highest BCUT2D eigenvalue weighted by molar-refractivity contribution is 5.90. The minimum absolute atomic E-state index is 0.111. The first-order chi connectivity index (χ1) is 10.2. The maximum absolute atomic E-state index is 12.0. The van der Waals surface area contributed by atoms with Crippen LogP contribution in [0.25, 0.3) is 0 Å². The van der Waals surface area contributed by atoms with Gasteiger partial charge in [0.2, 0.25) is 11.8 Å². The van der Waals surface area contributed by atoms with E-state index in [1.165, 1.54) is 0 Å². The molecule has 1 amide bonds. The number of hydrogen-bond acceptors (Lipinski definition) is 5. The van der Waals surface area contributed by atoms with Crippen molar-refractivity contribution in [2.75, 3.05) is 18.9 Å². The smallest absolute Gasteiger partial charge is 0.240 e. The van der Waals surface area contributed by atoms with E-state index >= 15 is 0 Å². The van der Waals surface area contributed by atoms with Crippen LogP contribution in [0.2, 0.25) is 0 Å². The van der Waals surface area contributed by atoms with Gasteiger partial charge in [-0.2, -0.15) is 0 Å². The third-order valence-electron chi connectivity index (χ3n) is 3.18. The van der Waals surface area contributed by atoms with E-state index in [4.69, 9.17) is 8.94 Å². The lowest BCUT2D eigenvalue weighted by molar-refractivity contribution is -0.117. The molecule has 0 bridgehead atoms. The van der Waals surface area contributed by atoms with Crippen molar-refractivity contribution in [3.05, 3.63) is 35.4 Å². The molecule has 6 nitrogen and oxygen atoms in total. The number of aryl methyl sites for hydroxylation is 1. The van der Waals surface area contributed by atoms with Gasteiger partial charge in [0.25, 0.3) is 0 Å². The van der Waals surface area contributed by atoms with Crippen LogP contribution in [0, 0.1) is 6.92 Å². The fraction of sp³-hybridized carbons (Fsp3) is 0.500. The molecule has 0 unspecified atom stereocenters. The van der Waals surface area contributed by atoms with E-state index < -0.39 is 0 Å². The van der Waals surface area contributed by atoms with Crippen molar-refractivity contribution in [2.45, 2.75) is 39.7 Å². The zero-order chi connectivity index (χ0) is 16.3. The van der Waals surface area contributed by atoms with Crippen LogP contribution in [-0.2, 0) is 16.8 Å². The van der Waals surface area contributed by atoms with Gasteiger partial charge in [-0.05, 0) is 26.1 Å². The van der Waals surface area contributed by atoms with Crippen molar-refractivity contribution in [1.29, 1.82) is 0 Å². The first kappa shape index (κ1) is 16.3. The van der Waals surface area contributed by atoms with Crippen LogP contribution >= 0.6 is 0 Å². The molecule has 0 fully saturated rings. The molecule has 0 radical (unpaired) electrons. The second kappa shape index (κ2) is 6.36. The normalized spacial score (nSPS) is 11.9. The summed E-state index contributed by atoms with van der Waals surface area (Å²) in [6, 6.07) is 5.58. The summed E-state index contributed by atoms with van der Waals surface area (Å²) in [5, 5.41) is 6.69. The zero-order valence-corrected chi connectivity index (χ0v) is 13.8. The second-order valence-corrected chi connectivity index (χ2v) is 6.56. The minimum atomic E-state index is -0.151. The SMILES string of the molecule is Cc1ccc(CN(C)CC(=O)Nc2cc(C(C)(C)C)no2)o1. The maximum Gasteiger partial charge on any atom is 0.240 e. The third-order valence-corrected chi connectivity index (χ3v) is 3.18. The Morgan fingerprint density at radius 3 is 2.64 bits per heavy atom. The van der Waals surface area contributed by atoms with E-state index in [0.29, 0.717) is 12.4 Å². The Balaban J connectivity index is 1.86. The Kier molecular flexibility index (Phi) is 4.71. The molecule has 0 spiro atoms. The quantitative estimate of drug-likeness (QED) is 0.919. The van der Waals surface area contributed by atoms with E-state index in [9.17, 15) is 4.79 Å². The highest BCUT2D eigenvalue weighted by Gasteiger charge is 2.20. The molecular formula is C16H23N3O3. The molecule has 2 aromatic rings. The van der Waals surface area contributed by atoms with Crippen LogP contribution < -0.4 is 5.32 Å². The molecule has 1 N–H and O–H groups in total. The van der Waals surface area contributed by atoms with Crippen LogP contribution in [0.1, 0.15) is 38.0 Å². The summed E-state index contributed by atoms with van der Waals surface area (Å²) in [4.78, 5) is 13.9. The second-order valence-electron chi connectivity index (χ2n) is 6.56. The van der Waals surface area contributed by atoms with Crippen molar-refractivity contribution in [2.24, 2.45) is 0 Å². The third kappa shape index (κ3) is 4.46. The molecule has 0 saturated carbocycles. The summed E-state index contributed by atoms with van der Waals surface area (Å²) in [6.45, 7) is 8.82. The summed E-state index contributed by atoms with van der Waals surface area (Å²) in [6.07, 6.45) is 0. The molecule has 2 rings (SSSR count). The number of hydrogen-bond donors (Lipinski definition) is 1. The van der Waals surface area contributed by atoms with Crippen molar-refractivity contribution in [3.63, 3.8) is 0 Å². The highest BCUT2D eigenvalue weighted by atomic mass is 16.5. The van der Waals surface area contributed by atoms with Gasteiger partial charge >= 0.3 is 0 Å².